The van der Waals surface area contributed by atoms with Gasteiger partial charge < -0.3 is 39.1 Å². The number of ether oxygens (including phenoxy) is 3. The first-order valence-electron chi connectivity index (χ1n) is 13.2. The summed E-state index contributed by atoms with van der Waals surface area (Å²) in [5.74, 6) is -5.94. The number of carbonyl (C=O) groups is 3. The molecule has 3 bridgehead atoms. The largest absolute Gasteiger partial charge is 0.472 e. The summed E-state index contributed by atoms with van der Waals surface area (Å²) in [6, 6.07) is 1.66. The Labute approximate surface area is 226 Å². The number of cyclic esters (lactones) is 1. The Kier molecular flexibility index (Phi) is 5.88. The summed E-state index contributed by atoms with van der Waals surface area (Å²) in [6.07, 6.45) is 1.38. The van der Waals surface area contributed by atoms with Crippen LogP contribution in [0.15, 0.2) is 23.0 Å². The Bertz CT molecular complexity index is 1210. The van der Waals surface area contributed by atoms with Crippen LogP contribution in [0.3, 0.4) is 0 Å². The quantitative estimate of drug-likeness (QED) is 0.401. The summed E-state index contributed by atoms with van der Waals surface area (Å²) in [5, 5.41) is 44.4. The summed E-state index contributed by atoms with van der Waals surface area (Å²) in [7, 11) is 2.26. The van der Waals surface area contributed by atoms with Gasteiger partial charge in [-0.15, -0.1) is 0 Å². The highest BCUT2D eigenvalue weighted by Crippen LogP contribution is 2.79. The first kappa shape index (κ1) is 28.2. The molecule has 39 heavy (non-hydrogen) atoms. The number of hydrogen-bond acceptors (Lipinski definition) is 11. The second-order valence-electron chi connectivity index (χ2n) is 12.9. The van der Waals surface area contributed by atoms with Crippen LogP contribution >= 0.6 is 0 Å². The average Bonchev–Trinajstić information content (AvgIpc) is 3.44. The topological polar surface area (TPSA) is 173 Å². The van der Waals surface area contributed by atoms with Crippen LogP contribution in [0.5, 0.6) is 0 Å². The zero-order valence-corrected chi connectivity index (χ0v) is 23.1. The first-order valence-corrected chi connectivity index (χ1v) is 13.2. The van der Waals surface area contributed by atoms with Crippen LogP contribution in [0, 0.1) is 28.1 Å². The molecule has 0 unspecified atom stereocenters. The van der Waals surface area contributed by atoms with Crippen LogP contribution in [-0.4, -0.2) is 75.0 Å². The Morgan fingerprint density at radius 3 is 2.36 bits per heavy atom. The molecule has 0 spiro atoms. The smallest absolute Gasteiger partial charge is 0.309 e. The maximum Gasteiger partial charge on any atom is 0.309 e. The Morgan fingerprint density at radius 2 is 1.77 bits per heavy atom. The van der Waals surface area contributed by atoms with E-state index in [0.717, 1.165) is 7.11 Å². The monoisotopic (exact) mass is 550 g/mol. The third-order valence-corrected chi connectivity index (χ3v) is 11.2. The molecular weight excluding hydrogens is 512 g/mol. The molecule has 3 saturated carbocycles. The number of rotatable bonds is 3. The Morgan fingerprint density at radius 1 is 1.10 bits per heavy atom. The average molecular weight is 551 g/mol. The van der Waals surface area contributed by atoms with Gasteiger partial charge in [0.2, 0.25) is 0 Å². The van der Waals surface area contributed by atoms with Crippen molar-refractivity contribution in [2.75, 3.05) is 14.2 Å². The predicted molar refractivity (Wildman–Crippen MR) is 131 cm³/mol. The van der Waals surface area contributed by atoms with Gasteiger partial charge in [-0.05, 0) is 31.2 Å². The maximum atomic E-state index is 14.1. The fourth-order valence-electron chi connectivity index (χ4n) is 9.18. The SMILES string of the molecule is CO.COC(=O)C[C@H]1C(C)(C)[C@]2(O)O[C@]34C[C@@]1(C)C(=O)[C@H]2[C@]3(O)CC[C@@]1(C)[C@H](c2ccoc2)OC(=O)C[C@]41O. The van der Waals surface area contributed by atoms with Gasteiger partial charge in [0, 0.05) is 35.3 Å². The fraction of sp³-hybridized carbons (Fsp3) is 0.750. The molecule has 5 fully saturated rings. The molecule has 11 nitrogen and oxygen atoms in total. The third kappa shape index (κ3) is 2.88. The number of carbonyl (C=O) groups excluding carboxylic acids is 3. The molecular formula is C28H38O11. The lowest BCUT2D eigenvalue weighted by molar-refractivity contribution is -0.361. The van der Waals surface area contributed by atoms with Crippen LogP contribution in [0.25, 0.3) is 0 Å². The van der Waals surface area contributed by atoms with Gasteiger partial charge in [-0.3, -0.25) is 14.4 Å². The molecule has 1 aromatic rings. The van der Waals surface area contributed by atoms with E-state index >= 15 is 0 Å². The number of hydrogen-bond donors (Lipinski definition) is 4. The lowest BCUT2D eigenvalue weighted by Crippen LogP contribution is -2.82. The molecule has 216 valence electrons. The van der Waals surface area contributed by atoms with E-state index in [0.29, 0.717) is 5.56 Å². The molecule has 0 radical (unpaired) electrons. The van der Waals surface area contributed by atoms with Gasteiger partial charge in [0.05, 0.1) is 26.1 Å². The molecule has 0 amide bonds. The van der Waals surface area contributed by atoms with Crippen LogP contribution in [-0.2, 0) is 28.6 Å². The highest BCUT2D eigenvalue weighted by molar-refractivity contribution is 5.94. The predicted octanol–water partition coefficient (Wildman–Crippen LogP) is 1.41. The molecule has 6 rings (SSSR count). The number of ketones is 1. The summed E-state index contributed by atoms with van der Waals surface area (Å²) < 4.78 is 22.5. The van der Waals surface area contributed by atoms with Gasteiger partial charge in [-0.1, -0.05) is 27.7 Å². The molecule has 9 atom stereocenters. The lowest BCUT2D eigenvalue weighted by atomic mass is 9.36. The molecule has 0 aromatic carbocycles. The van der Waals surface area contributed by atoms with Crippen molar-refractivity contribution in [2.24, 2.45) is 28.1 Å². The fourth-order valence-corrected chi connectivity index (χ4v) is 9.18. The van der Waals surface area contributed by atoms with E-state index in [9.17, 15) is 29.7 Å². The van der Waals surface area contributed by atoms with Crippen LogP contribution in [0.1, 0.15) is 71.5 Å². The molecule has 2 aliphatic heterocycles. The van der Waals surface area contributed by atoms with E-state index in [4.69, 9.17) is 23.7 Å². The molecule has 4 N–H and O–H groups in total. The highest BCUT2D eigenvalue weighted by atomic mass is 16.7. The van der Waals surface area contributed by atoms with E-state index in [2.05, 4.69) is 0 Å². The van der Waals surface area contributed by atoms with Gasteiger partial charge in [0.1, 0.15) is 28.8 Å². The number of esters is 2. The highest BCUT2D eigenvalue weighted by Gasteiger charge is 2.92. The summed E-state index contributed by atoms with van der Waals surface area (Å²) in [6.45, 7) is 6.91. The van der Waals surface area contributed by atoms with Crippen molar-refractivity contribution in [3.8, 4) is 0 Å². The number of fused-ring (bicyclic) bond motifs is 2. The molecule has 3 aliphatic carbocycles. The first-order chi connectivity index (χ1) is 18.1. The van der Waals surface area contributed by atoms with Gasteiger partial charge >= 0.3 is 11.9 Å². The van der Waals surface area contributed by atoms with Gasteiger partial charge in [-0.2, -0.15) is 0 Å². The van der Waals surface area contributed by atoms with Gasteiger partial charge in [0.15, 0.2) is 11.6 Å². The normalized spacial score (nSPS) is 48.8. The minimum absolute atomic E-state index is 0.0320. The van der Waals surface area contributed by atoms with Crippen molar-refractivity contribution in [3.63, 3.8) is 0 Å². The number of methoxy groups -OCH3 is 1. The zero-order valence-electron chi connectivity index (χ0n) is 23.1. The lowest BCUT2D eigenvalue weighted by Gasteiger charge is -2.68. The van der Waals surface area contributed by atoms with Crippen molar-refractivity contribution >= 4 is 17.7 Å². The van der Waals surface area contributed by atoms with Gasteiger partial charge in [0.25, 0.3) is 0 Å². The number of aliphatic hydroxyl groups is 4. The van der Waals surface area contributed by atoms with Crippen molar-refractivity contribution in [2.45, 2.75) is 88.5 Å². The molecule has 3 heterocycles. The van der Waals surface area contributed by atoms with Crippen LogP contribution in [0.4, 0.5) is 0 Å². The Balaban J connectivity index is 0.00000151. The molecule has 1 aromatic heterocycles. The summed E-state index contributed by atoms with van der Waals surface area (Å²) in [5.41, 5.74) is -8.92. The third-order valence-electron chi connectivity index (χ3n) is 11.2. The Hall–Kier alpha value is -2.31. The second kappa shape index (κ2) is 8.13. The van der Waals surface area contributed by atoms with Gasteiger partial charge in [-0.25, -0.2) is 0 Å². The summed E-state index contributed by atoms with van der Waals surface area (Å²) in [4.78, 5) is 39.7. The summed E-state index contributed by atoms with van der Waals surface area (Å²) >= 11 is 0. The van der Waals surface area contributed by atoms with Crippen LogP contribution < -0.4 is 0 Å². The minimum atomic E-state index is -2.21. The number of furan rings is 1. The number of aliphatic hydroxyl groups excluding tert-OH is 1. The van der Waals surface area contributed by atoms with E-state index in [1.165, 1.54) is 19.6 Å². The van der Waals surface area contributed by atoms with Crippen molar-refractivity contribution < 1.29 is 53.4 Å². The van der Waals surface area contributed by atoms with Crippen LogP contribution in [0.2, 0.25) is 0 Å². The van der Waals surface area contributed by atoms with E-state index in [-0.39, 0.29) is 25.7 Å². The van der Waals surface area contributed by atoms with Crippen molar-refractivity contribution in [3.05, 3.63) is 24.2 Å². The minimum Gasteiger partial charge on any atom is -0.472 e. The molecule has 2 saturated heterocycles. The maximum absolute atomic E-state index is 14.1. The standard InChI is InChI=1S/C27H34O10.CH4O/c1-21(2)15(10-16(28)34-5)22(3)13-26-24(31,18(19(22)30)27(21,33)37-26)8-7-23(4)20(14-6-9-35-12-14)36-17(29)11-25(23,26)32;1-2/h6,9,12,15,18,20,31-33H,7-8,10-11,13H2,1-5H3;2H,1H3/t15-,18-,20-,22+,23-,24+,25+,26+,27+;/m0./s1. The second-order valence-corrected chi connectivity index (χ2v) is 12.9. The van der Waals surface area contributed by atoms with Crippen molar-refractivity contribution in [1.82, 2.24) is 0 Å². The van der Waals surface area contributed by atoms with E-state index < -0.39 is 80.9 Å². The number of Topliss-reactive ketones (excluding diaryl/α,β-unsaturated/α-hetero) is 1. The van der Waals surface area contributed by atoms with E-state index in [1.54, 1.807) is 33.8 Å². The zero-order chi connectivity index (χ0) is 29.0. The molecule has 11 heteroatoms. The van der Waals surface area contributed by atoms with Crippen molar-refractivity contribution in [1.29, 1.82) is 0 Å². The molecule has 5 aliphatic rings. The van der Waals surface area contributed by atoms with E-state index in [1.807, 2.05) is 0 Å².